The van der Waals surface area contributed by atoms with Gasteiger partial charge >= 0.3 is 0 Å². The highest BCUT2D eigenvalue weighted by Gasteiger charge is 2.35. The number of benzene rings is 2. The van der Waals surface area contributed by atoms with Crippen molar-refractivity contribution in [2.75, 3.05) is 14.2 Å². The third kappa shape index (κ3) is 4.11. The molecule has 194 valence electrons. The minimum Gasteiger partial charge on any atom is -0.493 e. The minimum atomic E-state index is -0.742. The second-order valence-corrected chi connectivity index (χ2v) is 10.1. The van der Waals surface area contributed by atoms with Gasteiger partial charge in [-0.3, -0.25) is 4.79 Å². The van der Waals surface area contributed by atoms with Crippen molar-refractivity contribution in [2.24, 2.45) is 5.73 Å². The number of ether oxygens (including phenoxy) is 3. The Morgan fingerprint density at radius 1 is 1.18 bits per heavy atom. The lowest BCUT2D eigenvalue weighted by Crippen LogP contribution is -2.33. The highest BCUT2D eigenvalue weighted by Crippen LogP contribution is 2.45. The van der Waals surface area contributed by atoms with Crippen molar-refractivity contribution in [3.63, 3.8) is 0 Å². The van der Waals surface area contributed by atoms with E-state index in [1.807, 2.05) is 44.2 Å². The number of halogens is 1. The number of hydrogen-bond acceptors (Lipinski definition) is 6. The maximum Gasteiger partial charge on any atom is 0.258 e. The molecule has 0 bridgehead atoms. The van der Waals surface area contributed by atoms with Crippen molar-refractivity contribution >= 4 is 26.8 Å². The Morgan fingerprint density at radius 3 is 2.66 bits per heavy atom. The number of aromatic amines is 1. The summed E-state index contributed by atoms with van der Waals surface area (Å²) in [6, 6.07) is 15.7. The average Bonchev–Trinajstić information content (AvgIpc) is 3.22. The molecule has 0 radical (unpaired) electrons. The number of fused-ring (bicyclic) bond motifs is 2. The third-order valence-corrected chi connectivity index (χ3v) is 7.68. The number of pyridine rings is 1. The minimum absolute atomic E-state index is 0.0260. The summed E-state index contributed by atoms with van der Waals surface area (Å²) >= 11 is 3.53. The molecule has 2 aromatic carbocycles. The molecule has 9 heteroatoms. The molecule has 5 rings (SSSR count). The number of nitrogens with two attached hydrogens (primary N) is 1. The molecule has 1 unspecified atom stereocenters. The fraction of sp³-hybridized carbons (Fsp3) is 0.241. The Hall–Kier alpha value is -4.16. The van der Waals surface area contributed by atoms with E-state index in [-0.39, 0.29) is 17.0 Å². The molecule has 0 amide bonds. The van der Waals surface area contributed by atoms with E-state index in [0.29, 0.717) is 45.8 Å². The van der Waals surface area contributed by atoms with Crippen LogP contribution in [0.4, 0.5) is 0 Å². The third-order valence-electron chi connectivity index (χ3n) is 7.09. The Labute approximate surface area is 228 Å². The van der Waals surface area contributed by atoms with E-state index in [4.69, 9.17) is 19.9 Å². The van der Waals surface area contributed by atoms with E-state index in [1.54, 1.807) is 17.7 Å². The highest BCUT2D eigenvalue weighted by molar-refractivity contribution is 9.10. The molecule has 0 saturated carbocycles. The molecule has 0 saturated heterocycles. The van der Waals surface area contributed by atoms with Crippen LogP contribution in [0.3, 0.4) is 0 Å². The van der Waals surface area contributed by atoms with Crippen LogP contribution in [-0.2, 0) is 13.0 Å². The van der Waals surface area contributed by atoms with Gasteiger partial charge < -0.3 is 29.5 Å². The van der Waals surface area contributed by atoms with Gasteiger partial charge in [0.2, 0.25) is 5.88 Å². The summed E-state index contributed by atoms with van der Waals surface area (Å²) in [6.45, 7) is 4.38. The number of para-hydroxylation sites is 1. The van der Waals surface area contributed by atoms with Crippen LogP contribution in [0, 0.1) is 25.2 Å². The lowest BCUT2D eigenvalue weighted by Gasteiger charge is -2.28. The molecule has 38 heavy (non-hydrogen) atoms. The molecular weight excluding hydrogens is 548 g/mol. The fourth-order valence-electron chi connectivity index (χ4n) is 5.28. The van der Waals surface area contributed by atoms with Gasteiger partial charge in [0, 0.05) is 34.9 Å². The van der Waals surface area contributed by atoms with E-state index in [1.165, 1.54) is 12.7 Å². The van der Waals surface area contributed by atoms with Gasteiger partial charge in [0.25, 0.3) is 5.56 Å². The topological polar surface area (TPSA) is 115 Å². The smallest absolute Gasteiger partial charge is 0.258 e. The number of H-pyrrole nitrogens is 1. The predicted octanol–water partition coefficient (Wildman–Crippen LogP) is 5.19. The lowest BCUT2D eigenvalue weighted by atomic mass is 9.83. The summed E-state index contributed by atoms with van der Waals surface area (Å²) in [5.41, 5.74) is 11.2. The zero-order chi connectivity index (χ0) is 27.1. The number of aromatic nitrogens is 2. The number of nitrogens with one attached hydrogen (secondary N) is 1. The first-order chi connectivity index (χ1) is 18.3. The summed E-state index contributed by atoms with van der Waals surface area (Å²) in [7, 11) is 3.08. The molecule has 8 nitrogen and oxygen atoms in total. The van der Waals surface area contributed by atoms with Gasteiger partial charge in [-0.05, 0) is 65.5 Å². The summed E-state index contributed by atoms with van der Waals surface area (Å²) in [6.07, 6.45) is 0.659. The summed E-state index contributed by atoms with van der Waals surface area (Å²) in [5, 5.41) is 11.2. The number of rotatable bonds is 6. The Kier molecular flexibility index (Phi) is 6.67. The van der Waals surface area contributed by atoms with Gasteiger partial charge in [0.15, 0.2) is 11.5 Å². The number of allylic oxidation sites excluding steroid dienone is 1. The van der Waals surface area contributed by atoms with Crippen LogP contribution in [0.25, 0.3) is 10.9 Å². The molecule has 1 aliphatic heterocycles. The van der Waals surface area contributed by atoms with E-state index in [0.717, 1.165) is 22.3 Å². The lowest BCUT2D eigenvalue weighted by molar-refractivity contribution is 0.352. The Morgan fingerprint density at radius 2 is 1.95 bits per heavy atom. The number of hydrogen-bond donors (Lipinski definition) is 2. The Balaban J connectivity index is 1.64. The van der Waals surface area contributed by atoms with Crippen LogP contribution in [0.5, 0.6) is 17.2 Å². The van der Waals surface area contributed by atoms with Crippen LogP contribution < -0.4 is 25.5 Å². The van der Waals surface area contributed by atoms with Crippen molar-refractivity contribution in [3.8, 4) is 23.3 Å². The van der Waals surface area contributed by atoms with Crippen LogP contribution in [-0.4, -0.2) is 23.8 Å². The molecule has 4 aromatic rings. The van der Waals surface area contributed by atoms with Crippen molar-refractivity contribution in [1.29, 1.82) is 5.26 Å². The molecule has 1 aliphatic rings. The fourth-order valence-corrected chi connectivity index (χ4v) is 5.90. The van der Waals surface area contributed by atoms with Crippen molar-refractivity contribution in [1.82, 2.24) is 9.55 Å². The van der Waals surface area contributed by atoms with Gasteiger partial charge in [0.05, 0.1) is 30.2 Å². The highest BCUT2D eigenvalue weighted by atomic mass is 79.9. The molecule has 3 heterocycles. The first kappa shape index (κ1) is 25.5. The number of nitrogens with zero attached hydrogens (tertiary/aromatic N) is 2. The molecular formula is C29H27BrN4O4. The van der Waals surface area contributed by atoms with Crippen LogP contribution in [0.2, 0.25) is 0 Å². The van der Waals surface area contributed by atoms with E-state index < -0.39 is 5.92 Å². The first-order valence-electron chi connectivity index (χ1n) is 12.1. The number of methoxy groups -OCH3 is 2. The second-order valence-electron chi connectivity index (χ2n) is 9.21. The van der Waals surface area contributed by atoms with E-state index >= 15 is 0 Å². The summed E-state index contributed by atoms with van der Waals surface area (Å²) in [5.74, 6) is 0.549. The SMILES string of the molecule is COc1cc(C2C(C#N)=C(N)Oc3cc(C)n(CCc4c(C)[nH]c5ccccc45)c(=O)c32)cc(Br)c1OC. The zero-order valence-corrected chi connectivity index (χ0v) is 23.1. The predicted molar refractivity (Wildman–Crippen MR) is 149 cm³/mol. The average molecular weight is 575 g/mol. The van der Waals surface area contributed by atoms with Gasteiger partial charge in [-0.15, -0.1) is 0 Å². The standard InChI is InChI=1S/C29H27BrN4O4/c1-15-11-23-26(29(35)34(15)10-9-18-16(2)33-22-8-6-5-7-19(18)22)25(20(14-31)28(32)38-23)17-12-21(30)27(37-4)24(13-17)36-3/h5-8,11-13,25,33H,9-10,32H2,1-4H3. The summed E-state index contributed by atoms with van der Waals surface area (Å²) in [4.78, 5) is 17.5. The normalized spacial score (nSPS) is 14.7. The van der Waals surface area contributed by atoms with Crippen molar-refractivity contribution in [2.45, 2.75) is 32.7 Å². The number of aryl methyl sites for hydroxylation is 3. The zero-order valence-electron chi connectivity index (χ0n) is 21.5. The maximum atomic E-state index is 14.1. The van der Waals surface area contributed by atoms with Crippen molar-refractivity contribution in [3.05, 3.63) is 96.8 Å². The largest absolute Gasteiger partial charge is 0.493 e. The van der Waals surface area contributed by atoms with Gasteiger partial charge in [-0.2, -0.15) is 5.26 Å². The van der Waals surface area contributed by atoms with Crippen LogP contribution in [0.15, 0.2) is 63.2 Å². The Bertz CT molecular complexity index is 1710. The molecule has 0 spiro atoms. The second kappa shape index (κ2) is 9.95. The first-order valence-corrected chi connectivity index (χ1v) is 12.9. The number of nitriles is 1. The molecule has 0 fully saturated rings. The van der Waals surface area contributed by atoms with Gasteiger partial charge in [-0.1, -0.05) is 18.2 Å². The summed E-state index contributed by atoms with van der Waals surface area (Å²) < 4.78 is 19.2. The van der Waals surface area contributed by atoms with Crippen LogP contribution >= 0.6 is 15.9 Å². The molecule has 3 N–H and O–H groups in total. The van der Waals surface area contributed by atoms with Gasteiger partial charge in [0.1, 0.15) is 17.4 Å². The molecule has 2 aromatic heterocycles. The van der Waals surface area contributed by atoms with E-state index in [2.05, 4.69) is 33.0 Å². The monoisotopic (exact) mass is 574 g/mol. The molecule has 1 atom stereocenters. The maximum absolute atomic E-state index is 14.1. The quantitative estimate of drug-likeness (QED) is 0.327. The van der Waals surface area contributed by atoms with Gasteiger partial charge in [-0.25, -0.2) is 0 Å². The molecule has 0 aliphatic carbocycles. The van der Waals surface area contributed by atoms with Crippen LogP contribution in [0.1, 0.15) is 34.0 Å². The van der Waals surface area contributed by atoms with E-state index in [9.17, 15) is 10.1 Å². The van der Waals surface area contributed by atoms with Crippen molar-refractivity contribution < 1.29 is 14.2 Å².